The summed E-state index contributed by atoms with van der Waals surface area (Å²) in [6, 6.07) is 19.2. The molecule has 5 rings (SSSR count). The second-order valence-electron chi connectivity index (χ2n) is 8.94. The molecule has 0 unspecified atom stereocenters. The molecule has 1 amide bonds. The molecule has 0 saturated carbocycles. The number of hydrogen-bond acceptors (Lipinski definition) is 5. The van der Waals surface area contributed by atoms with Crippen molar-refractivity contribution in [2.45, 2.75) is 32.1 Å². The van der Waals surface area contributed by atoms with Crippen LogP contribution < -0.4 is 15.0 Å². The van der Waals surface area contributed by atoms with Gasteiger partial charge in [-0.2, -0.15) is 4.98 Å². The molecule has 1 aromatic heterocycles. The second kappa shape index (κ2) is 10.2. The summed E-state index contributed by atoms with van der Waals surface area (Å²) in [7, 11) is 0. The van der Waals surface area contributed by atoms with Crippen LogP contribution in [0.3, 0.4) is 0 Å². The van der Waals surface area contributed by atoms with Crippen LogP contribution in [0.2, 0.25) is 0 Å². The molecule has 1 N–H and O–H groups in total. The molecule has 2 aromatic carbocycles. The number of hydrogen-bond donors (Lipinski definition) is 1. The van der Waals surface area contributed by atoms with Gasteiger partial charge in [-0.05, 0) is 61.9 Å². The highest BCUT2D eigenvalue weighted by atomic mass is 16.5. The summed E-state index contributed by atoms with van der Waals surface area (Å²) in [5.74, 6) is 1.28. The third-order valence-corrected chi connectivity index (χ3v) is 6.65. The largest absolute Gasteiger partial charge is 0.478 e. The van der Waals surface area contributed by atoms with Gasteiger partial charge < -0.3 is 19.9 Å². The summed E-state index contributed by atoms with van der Waals surface area (Å²) in [6.07, 6.45) is 4.57. The molecule has 0 spiro atoms. The minimum atomic E-state index is 0.0311. The van der Waals surface area contributed by atoms with Gasteiger partial charge in [0.05, 0.1) is 6.61 Å². The molecule has 6 nitrogen and oxygen atoms in total. The second-order valence-corrected chi connectivity index (χ2v) is 8.94. The summed E-state index contributed by atoms with van der Waals surface area (Å²) in [6.45, 7) is 6.16. The smallest absolute Gasteiger partial charge is 0.225 e. The normalized spacial score (nSPS) is 16.8. The Hall–Kier alpha value is -3.12. The summed E-state index contributed by atoms with van der Waals surface area (Å²) in [5.41, 5.74) is 2.44. The molecule has 0 atom stereocenters. The molecule has 172 valence electrons. The Bertz CT molecular complexity index is 1110. The summed E-state index contributed by atoms with van der Waals surface area (Å²) < 4.78 is 5.85. The van der Waals surface area contributed by atoms with Crippen LogP contribution in [0.5, 0.6) is 5.88 Å². The van der Waals surface area contributed by atoms with Gasteiger partial charge in [-0.25, -0.2) is 0 Å². The first-order chi connectivity index (χ1) is 16.3. The zero-order valence-corrected chi connectivity index (χ0v) is 19.1. The van der Waals surface area contributed by atoms with Crippen LogP contribution in [0.1, 0.15) is 31.2 Å². The summed E-state index contributed by atoms with van der Waals surface area (Å²) in [4.78, 5) is 21.2. The topological polar surface area (TPSA) is 57.7 Å². The van der Waals surface area contributed by atoms with Crippen molar-refractivity contribution >= 4 is 28.2 Å². The Morgan fingerprint density at radius 1 is 0.909 bits per heavy atom. The van der Waals surface area contributed by atoms with Crippen LogP contribution in [0.25, 0.3) is 10.8 Å². The van der Waals surface area contributed by atoms with Gasteiger partial charge in [0, 0.05) is 43.2 Å². The van der Waals surface area contributed by atoms with Crippen LogP contribution in [0.15, 0.2) is 54.6 Å². The third kappa shape index (κ3) is 5.28. The zero-order chi connectivity index (χ0) is 22.5. The van der Waals surface area contributed by atoms with Crippen LogP contribution in [-0.2, 0) is 11.2 Å². The Balaban J connectivity index is 1.07. The third-order valence-electron chi connectivity index (χ3n) is 6.65. The molecule has 1 fully saturated rings. The van der Waals surface area contributed by atoms with E-state index in [0.29, 0.717) is 24.7 Å². The molecule has 1 saturated heterocycles. The van der Waals surface area contributed by atoms with Crippen molar-refractivity contribution in [2.75, 3.05) is 49.5 Å². The molecule has 33 heavy (non-hydrogen) atoms. The lowest BCUT2D eigenvalue weighted by molar-refractivity contribution is -0.116. The summed E-state index contributed by atoms with van der Waals surface area (Å²) in [5, 5.41) is 5.50. The Kier molecular flexibility index (Phi) is 6.72. The number of nitrogens with zero attached hydrogens (tertiary/aromatic N) is 3. The van der Waals surface area contributed by atoms with Crippen LogP contribution in [-0.4, -0.2) is 55.1 Å². The average molecular weight is 445 g/mol. The minimum absolute atomic E-state index is 0.0311. The molecule has 0 aliphatic carbocycles. The van der Waals surface area contributed by atoms with E-state index in [1.807, 2.05) is 12.1 Å². The fraction of sp³-hybridized carbons (Fsp3) is 0.407. The van der Waals surface area contributed by atoms with E-state index in [0.717, 1.165) is 57.5 Å². The molecule has 2 aliphatic rings. The number of benzene rings is 2. The number of ether oxygens (including phenoxy) is 1. The first kappa shape index (κ1) is 21.7. The first-order valence-electron chi connectivity index (χ1n) is 12.1. The number of nitrogens with one attached hydrogen (secondary N) is 1. The number of rotatable bonds is 7. The quantitative estimate of drug-likeness (QED) is 0.544. The van der Waals surface area contributed by atoms with Crippen molar-refractivity contribution in [3.05, 3.63) is 60.2 Å². The van der Waals surface area contributed by atoms with E-state index in [9.17, 15) is 4.79 Å². The van der Waals surface area contributed by atoms with Gasteiger partial charge in [-0.15, -0.1) is 0 Å². The average Bonchev–Trinajstić information content (AvgIpc) is 3.09. The van der Waals surface area contributed by atoms with Gasteiger partial charge in [0.25, 0.3) is 0 Å². The zero-order valence-electron chi connectivity index (χ0n) is 19.1. The van der Waals surface area contributed by atoms with Crippen molar-refractivity contribution < 1.29 is 9.53 Å². The lowest BCUT2D eigenvalue weighted by Gasteiger charge is -2.25. The minimum Gasteiger partial charge on any atom is -0.478 e. The van der Waals surface area contributed by atoms with Crippen molar-refractivity contribution in [3.8, 4) is 5.88 Å². The van der Waals surface area contributed by atoms with E-state index in [1.54, 1.807) is 0 Å². The van der Waals surface area contributed by atoms with Crippen LogP contribution in [0.4, 0.5) is 11.5 Å². The maximum Gasteiger partial charge on any atom is 0.225 e. The highest BCUT2D eigenvalue weighted by Crippen LogP contribution is 2.27. The first-order valence-corrected chi connectivity index (χ1v) is 12.1. The van der Waals surface area contributed by atoms with E-state index in [1.165, 1.54) is 22.9 Å². The summed E-state index contributed by atoms with van der Waals surface area (Å²) >= 11 is 0. The van der Waals surface area contributed by atoms with E-state index in [2.05, 4.69) is 62.6 Å². The molecule has 3 aromatic rings. The molecule has 2 aliphatic heterocycles. The maximum absolute atomic E-state index is 11.6. The number of pyridine rings is 1. The Morgan fingerprint density at radius 2 is 1.82 bits per heavy atom. The van der Waals surface area contributed by atoms with E-state index >= 15 is 0 Å². The monoisotopic (exact) mass is 444 g/mol. The Labute approximate surface area is 195 Å². The van der Waals surface area contributed by atoms with Crippen molar-refractivity contribution in [2.24, 2.45) is 0 Å². The number of carbonyl (C=O) groups is 1. The van der Waals surface area contributed by atoms with Crippen molar-refractivity contribution in [1.29, 1.82) is 0 Å². The van der Waals surface area contributed by atoms with Gasteiger partial charge in [-0.3, -0.25) is 4.79 Å². The van der Waals surface area contributed by atoms with Crippen LogP contribution in [0, 0.1) is 0 Å². The molecular weight excluding hydrogens is 412 g/mol. The number of unbranched alkanes of at least 4 members (excludes halogenated alkanes) is 1. The Morgan fingerprint density at radius 3 is 2.79 bits per heavy atom. The molecule has 0 radical (unpaired) electrons. The fourth-order valence-electron chi connectivity index (χ4n) is 4.84. The number of amides is 1. The predicted octanol–water partition coefficient (Wildman–Crippen LogP) is 4.49. The molecule has 6 heteroatoms. The van der Waals surface area contributed by atoms with E-state index in [-0.39, 0.29) is 5.91 Å². The number of carbonyl (C=O) groups excluding carboxylic acids is 1. The van der Waals surface area contributed by atoms with Gasteiger partial charge in [-0.1, -0.05) is 36.4 Å². The number of aryl methyl sites for hydroxylation is 1. The van der Waals surface area contributed by atoms with Crippen molar-refractivity contribution in [3.63, 3.8) is 0 Å². The fourth-order valence-corrected chi connectivity index (χ4v) is 4.84. The predicted molar refractivity (Wildman–Crippen MR) is 133 cm³/mol. The maximum atomic E-state index is 11.6. The number of aromatic nitrogens is 1. The molecule has 3 heterocycles. The SMILES string of the molecule is O=C1CCc2ccc(OCCCCN3CCCN(c4cccc5ccccc45)CC3)nc2N1. The number of fused-ring (bicyclic) bond motifs is 2. The van der Waals surface area contributed by atoms with E-state index < -0.39 is 0 Å². The van der Waals surface area contributed by atoms with Gasteiger partial charge >= 0.3 is 0 Å². The lowest BCUT2D eigenvalue weighted by atomic mass is 10.1. The highest BCUT2D eigenvalue weighted by Gasteiger charge is 2.18. The molecular formula is C27H32N4O2. The lowest BCUT2D eigenvalue weighted by Crippen LogP contribution is -2.31. The van der Waals surface area contributed by atoms with E-state index in [4.69, 9.17) is 4.74 Å². The van der Waals surface area contributed by atoms with Crippen LogP contribution >= 0.6 is 0 Å². The number of anilines is 2. The molecule has 0 bridgehead atoms. The van der Waals surface area contributed by atoms with Gasteiger partial charge in [0.2, 0.25) is 11.8 Å². The highest BCUT2D eigenvalue weighted by molar-refractivity contribution is 5.94. The van der Waals surface area contributed by atoms with Gasteiger partial charge in [0.1, 0.15) is 5.82 Å². The van der Waals surface area contributed by atoms with Crippen molar-refractivity contribution in [1.82, 2.24) is 9.88 Å². The standard InChI is InChI=1S/C27H32N4O2/c32-25-13-11-22-12-14-26(29-27(22)28-25)33-20-4-3-15-30-16-6-17-31(19-18-30)24-10-5-8-21-7-1-2-9-23(21)24/h1-2,5,7-10,12,14H,3-4,6,11,13,15-20H2,(H,28,29,32). The van der Waals surface area contributed by atoms with Gasteiger partial charge in [0.15, 0.2) is 0 Å².